The molecule has 0 heterocycles. The highest BCUT2D eigenvalue weighted by Crippen LogP contribution is 2.41. The van der Waals surface area contributed by atoms with E-state index in [1.807, 2.05) is 13.8 Å². The number of ketones is 1. The van der Waals surface area contributed by atoms with Crippen LogP contribution in [0.4, 0.5) is 0 Å². The second kappa shape index (κ2) is 3.76. The summed E-state index contributed by atoms with van der Waals surface area (Å²) < 4.78 is 0. The molecule has 1 aliphatic rings. The van der Waals surface area contributed by atoms with Gasteiger partial charge in [-0.2, -0.15) is 0 Å². The van der Waals surface area contributed by atoms with Gasteiger partial charge in [-0.15, -0.1) is 0 Å². The number of hydrogen-bond donors (Lipinski definition) is 2. The van der Waals surface area contributed by atoms with Gasteiger partial charge in [-0.3, -0.25) is 4.79 Å². The Morgan fingerprint density at radius 3 is 2.62 bits per heavy atom. The first-order valence-electron chi connectivity index (χ1n) is 4.78. The summed E-state index contributed by atoms with van der Waals surface area (Å²) in [7, 11) is 0. The van der Waals surface area contributed by atoms with Crippen LogP contribution in [0.5, 0.6) is 0 Å². The number of aliphatic hydroxyl groups is 2. The van der Waals surface area contributed by atoms with E-state index in [1.165, 1.54) is 0 Å². The number of Topliss-reactive ketones (excluding diaryl/α,β-unsaturated/α-hetero) is 1. The number of hydrogen-bond acceptors (Lipinski definition) is 3. The Kier molecular flexibility index (Phi) is 3.09. The molecule has 3 unspecified atom stereocenters. The van der Waals surface area contributed by atoms with Gasteiger partial charge in [0, 0.05) is 25.6 Å². The summed E-state index contributed by atoms with van der Waals surface area (Å²) >= 11 is 0. The molecular formula is C10H18O3. The Morgan fingerprint density at radius 2 is 2.15 bits per heavy atom. The SMILES string of the molecule is CC1CC(C)(CO)C(CO)CC1=O. The van der Waals surface area contributed by atoms with Gasteiger partial charge in [-0.05, 0) is 17.8 Å². The van der Waals surface area contributed by atoms with Crippen LogP contribution in [0.25, 0.3) is 0 Å². The molecule has 3 atom stereocenters. The standard InChI is InChI=1S/C10H18O3/c1-7-4-10(2,6-12)8(5-11)3-9(7)13/h7-8,11-12H,3-6H2,1-2H3. The fraction of sp³-hybridized carbons (Fsp3) is 0.900. The van der Waals surface area contributed by atoms with E-state index in [2.05, 4.69) is 0 Å². The maximum Gasteiger partial charge on any atom is 0.136 e. The first-order chi connectivity index (χ1) is 6.03. The van der Waals surface area contributed by atoms with Crippen molar-refractivity contribution in [3.05, 3.63) is 0 Å². The molecule has 13 heavy (non-hydrogen) atoms. The van der Waals surface area contributed by atoms with Gasteiger partial charge in [0.05, 0.1) is 0 Å². The van der Waals surface area contributed by atoms with Gasteiger partial charge >= 0.3 is 0 Å². The van der Waals surface area contributed by atoms with Gasteiger partial charge in [0.1, 0.15) is 5.78 Å². The zero-order valence-electron chi connectivity index (χ0n) is 8.29. The predicted octanol–water partition coefficient (Wildman–Crippen LogP) is 0.593. The summed E-state index contributed by atoms with van der Waals surface area (Å²) in [6.45, 7) is 3.88. The third kappa shape index (κ3) is 1.92. The summed E-state index contributed by atoms with van der Waals surface area (Å²) in [5, 5.41) is 18.3. The Labute approximate surface area is 78.8 Å². The van der Waals surface area contributed by atoms with Crippen LogP contribution in [-0.4, -0.2) is 29.2 Å². The second-order valence-electron chi connectivity index (χ2n) is 4.47. The summed E-state index contributed by atoms with van der Waals surface area (Å²) in [5.41, 5.74) is -0.276. The van der Waals surface area contributed by atoms with E-state index < -0.39 is 0 Å². The molecule has 0 saturated heterocycles. The summed E-state index contributed by atoms with van der Waals surface area (Å²) in [4.78, 5) is 11.4. The van der Waals surface area contributed by atoms with Crippen LogP contribution < -0.4 is 0 Å². The number of carbonyl (C=O) groups is 1. The third-order valence-electron chi connectivity index (χ3n) is 3.34. The second-order valence-corrected chi connectivity index (χ2v) is 4.47. The van der Waals surface area contributed by atoms with Crippen molar-refractivity contribution < 1.29 is 15.0 Å². The van der Waals surface area contributed by atoms with E-state index in [9.17, 15) is 9.90 Å². The van der Waals surface area contributed by atoms with Crippen LogP contribution in [0.15, 0.2) is 0 Å². The molecule has 0 aromatic carbocycles. The van der Waals surface area contributed by atoms with Crippen molar-refractivity contribution in [2.45, 2.75) is 26.7 Å². The Bertz CT molecular complexity index is 202. The van der Waals surface area contributed by atoms with Crippen LogP contribution in [0.1, 0.15) is 26.7 Å². The zero-order chi connectivity index (χ0) is 10.1. The van der Waals surface area contributed by atoms with Crippen LogP contribution in [0, 0.1) is 17.3 Å². The summed E-state index contributed by atoms with van der Waals surface area (Å²) in [5.74, 6) is 0.172. The van der Waals surface area contributed by atoms with E-state index in [1.54, 1.807) is 0 Å². The number of aliphatic hydroxyl groups excluding tert-OH is 2. The van der Waals surface area contributed by atoms with Crippen molar-refractivity contribution in [3.63, 3.8) is 0 Å². The van der Waals surface area contributed by atoms with Gasteiger partial charge in [0.2, 0.25) is 0 Å². The Morgan fingerprint density at radius 1 is 1.54 bits per heavy atom. The minimum atomic E-state index is -0.276. The minimum Gasteiger partial charge on any atom is -0.396 e. The molecule has 1 rings (SSSR count). The lowest BCUT2D eigenvalue weighted by atomic mass is 9.64. The maximum absolute atomic E-state index is 11.4. The summed E-state index contributed by atoms with van der Waals surface area (Å²) in [6, 6.07) is 0. The minimum absolute atomic E-state index is 0.00444. The highest BCUT2D eigenvalue weighted by molar-refractivity contribution is 5.81. The molecule has 1 fully saturated rings. The molecule has 1 saturated carbocycles. The average Bonchev–Trinajstić information content (AvgIpc) is 2.11. The van der Waals surface area contributed by atoms with Gasteiger partial charge < -0.3 is 10.2 Å². The van der Waals surface area contributed by atoms with Crippen molar-refractivity contribution in [2.24, 2.45) is 17.3 Å². The first kappa shape index (κ1) is 10.7. The molecule has 0 aromatic heterocycles. The highest BCUT2D eigenvalue weighted by Gasteiger charge is 2.41. The van der Waals surface area contributed by atoms with E-state index in [0.717, 1.165) is 0 Å². The van der Waals surface area contributed by atoms with Gasteiger partial charge in [0.25, 0.3) is 0 Å². The van der Waals surface area contributed by atoms with Crippen LogP contribution in [0.2, 0.25) is 0 Å². The molecular weight excluding hydrogens is 168 g/mol. The molecule has 0 aromatic rings. The molecule has 0 spiro atoms. The number of rotatable bonds is 2. The van der Waals surface area contributed by atoms with Crippen molar-refractivity contribution in [1.82, 2.24) is 0 Å². The van der Waals surface area contributed by atoms with E-state index in [4.69, 9.17) is 5.11 Å². The largest absolute Gasteiger partial charge is 0.396 e. The zero-order valence-corrected chi connectivity index (χ0v) is 8.29. The molecule has 2 N–H and O–H groups in total. The van der Waals surface area contributed by atoms with Gasteiger partial charge in [-0.25, -0.2) is 0 Å². The maximum atomic E-state index is 11.4. The Balaban J connectivity index is 2.77. The fourth-order valence-electron chi connectivity index (χ4n) is 2.15. The smallest absolute Gasteiger partial charge is 0.136 e. The molecule has 3 heteroatoms. The van der Waals surface area contributed by atoms with Crippen molar-refractivity contribution in [3.8, 4) is 0 Å². The fourth-order valence-corrected chi connectivity index (χ4v) is 2.15. The van der Waals surface area contributed by atoms with E-state index >= 15 is 0 Å². The monoisotopic (exact) mass is 186 g/mol. The first-order valence-corrected chi connectivity index (χ1v) is 4.78. The van der Waals surface area contributed by atoms with Crippen LogP contribution in [0.3, 0.4) is 0 Å². The molecule has 76 valence electrons. The third-order valence-corrected chi connectivity index (χ3v) is 3.34. The quantitative estimate of drug-likeness (QED) is 0.663. The normalized spacial score (nSPS) is 40.8. The molecule has 0 radical (unpaired) electrons. The molecule has 0 aliphatic heterocycles. The van der Waals surface area contributed by atoms with Crippen molar-refractivity contribution in [1.29, 1.82) is 0 Å². The number of carbonyl (C=O) groups excluding carboxylic acids is 1. The molecule has 3 nitrogen and oxygen atoms in total. The van der Waals surface area contributed by atoms with Crippen molar-refractivity contribution in [2.75, 3.05) is 13.2 Å². The Hall–Kier alpha value is -0.410. The summed E-state index contributed by atoms with van der Waals surface area (Å²) in [6.07, 6.45) is 1.10. The molecule has 1 aliphatic carbocycles. The lowest BCUT2D eigenvalue weighted by molar-refractivity contribution is -0.132. The topological polar surface area (TPSA) is 57.5 Å². The lowest BCUT2D eigenvalue weighted by Gasteiger charge is -2.41. The van der Waals surface area contributed by atoms with Crippen LogP contribution in [-0.2, 0) is 4.79 Å². The van der Waals surface area contributed by atoms with Gasteiger partial charge in [0.15, 0.2) is 0 Å². The molecule has 0 amide bonds. The van der Waals surface area contributed by atoms with E-state index in [0.29, 0.717) is 12.8 Å². The van der Waals surface area contributed by atoms with Crippen LogP contribution >= 0.6 is 0 Å². The predicted molar refractivity (Wildman–Crippen MR) is 49.2 cm³/mol. The van der Waals surface area contributed by atoms with E-state index in [-0.39, 0.29) is 36.2 Å². The lowest BCUT2D eigenvalue weighted by Crippen LogP contribution is -2.42. The average molecular weight is 186 g/mol. The van der Waals surface area contributed by atoms with Crippen molar-refractivity contribution >= 4 is 5.78 Å². The highest BCUT2D eigenvalue weighted by atomic mass is 16.3. The van der Waals surface area contributed by atoms with Gasteiger partial charge in [-0.1, -0.05) is 13.8 Å². The molecule has 0 bridgehead atoms.